The molecule has 1 aliphatic rings. The average Bonchev–Trinajstić information content (AvgIpc) is 2.21. The maximum absolute atomic E-state index is 11.4. The van der Waals surface area contributed by atoms with Gasteiger partial charge in [-0.2, -0.15) is 0 Å². The number of amides is 1. The number of esters is 1. The van der Waals surface area contributed by atoms with Crippen molar-refractivity contribution >= 4 is 42.5 Å². The highest BCUT2D eigenvalue weighted by atomic mass is 127. The highest BCUT2D eigenvalue weighted by Crippen LogP contribution is 2.20. The summed E-state index contributed by atoms with van der Waals surface area (Å²) in [6.07, 6.45) is 1.08. The summed E-state index contributed by atoms with van der Waals surface area (Å²) >= 11 is 2.11. The van der Waals surface area contributed by atoms with E-state index >= 15 is 0 Å². The summed E-state index contributed by atoms with van der Waals surface area (Å²) in [5.41, 5.74) is 0. The summed E-state index contributed by atoms with van der Waals surface area (Å²) in [5.74, 6) is -0.0734. The lowest BCUT2D eigenvalue weighted by Gasteiger charge is -2.32. The van der Waals surface area contributed by atoms with Gasteiger partial charge < -0.3 is 10.1 Å². The zero-order chi connectivity index (χ0) is 13.1. The minimum Gasteiger partial charge on any atom is -0.466 e. The fourth-order valence-electron chi connectivity index (χ4n) is 1.46. The number of hydrogen-bond acceptors (Lipinski definition) is 3. The monoisotopic (exact) mass is 369 g/mol. The van der Waals surface area contributed by atoms with Crippen LogP contribution in [0.5, 0.6) is 0 Å². The van der Waals surface area contributed by atoms with Gasteiger partial charge in [0.1, 0.15) is 3.92 Å². The predicted molar refractivity (Wildman–Crippen MR) is 78.1 cm³/mol. The van der Waals surface area contributed by atoms with E-state index in [4.69, 9.17) is 4.74 Å². The first-order valence-corrected chi connectivity index (χ1v) is 10.8. The molecule has 1 N–H and O–H groups in total. The second-order valence-electron chi connectivity index (χ2n) is 5.59. The van der Waals surface area contributed by atoms with Gasteiger partial charge in [-0.05, 0) is 12.5 Å². The fourth-order valence-corrected chi connectivity index (χ4v) is 2.89. The number of β-lactam (4-membered cyclic amide) rings is 1. The van der Waals surface area contributed by atoms with Gasteiger partial charge in [-0.25, -0.2) is 0 Å². The zero-order valence-electron chi connectivity index (χ0n) is 10.6. The zero-order valence-corrected chi connectivity index (χ0v) is 13.7. The van der Waals surface area contributed by atoms with Gasteiger partial charge >= 0.3 is 5.97 Å². The molecule has 1 amide bonds. The van der Waals surface area contributed by atoms with Crippen LogP contribution in [0, 0.1) is 0 Å². The van der Waals surface area contributed by atoms with Crippen LogP contribution < -0.4 is 5.32 Å². The molecule has 0 aliphatic carbocycles. The summed E-state index contributed by atoms with van der Waals surface area (Å²) in [5, 5.41) is 2.78. The van der Waals surface area contributed by atoms with Crippen LogP contribution in [-0.4, -0.2) is 36.5 Å². The van der Waals surface area contributed by atoms with Crippen LogP contribution in [-0.2, 0) is 14.3 Å². The fraction of sp³-hybridized carbons (Fsp3) is 0.818. The van der Waals surface area contributed by atoms with E-state index in [-0.39, 0.29) is 21.8 Å². The Morgan fingerprint density at radius 3 is 2.59 bits per heavy atom. The normalized spacial score (nSPS) is 23.9. The smallest absolute Gasteiger partial charge is 0.305 e. The molecule has 2 atom stereocenters. The summed E-state index contributed by atoms with van der Waals surface area (Å²) in [6, 6.07) is 1.15. The Kier molecular flexibility index (Phi) is 5.43. The first kappa shape index (κ1) is 14.9. The third kappa shape index (κ3) is 5.37. The molecule has 0 aromatic carbocycles. The van der Waals surface area contributed by atoms with E-state index in [1.54, 1.807) is 0 Å². The van der Waals surface area contributed by atoms with Crippen molar-refractivity contribution in [3.05, 3.63) is 0 Å². The van der Waals surface area contributed by atoms with Gasteiger partial charge in [0.05, 0.1) is 12.6 Å². The van der Waals surface area contributed by atoms with Crippen LogP contribution in [0.2, 0.25) is 25.7 Å². The first-order chi connectivity index (χ1) is 7.79. The van der Waals surface area contributed by atoms with Crippen molar-refractivity contribution in [1.29, 1.82) is 0 Å². The van der Waals surface area contributed by atoms with Crippen molar-refractivity contribution < 1.29 is 14.3 Å². The quantitative estimate of drug-likeness (QED) is 0.256. The van der Waals surface area contributed by atoms with E-state index in [2.05, 4.69) is 47.5 Å². The van der Waals surface area contributed by atoms with Crippen molar-refractivity contribution in [1.82, 2.24) is 5.32 Å². The number of alkyl halides is 1. The molecule has 1 fully saturated rings. The maximum Gasteiger partial charge on any atom is 0.305 e. The van der Waals surface area contributed by atoms with Crippen LogP contribution in [0.3, 0.4) is 0 Å². The van der Waals surface area contributed by atoms with E-state index in [1.165, 1.54) is 0 Å². The van der Waals surface area contributed by atoms with Gasteiger partial charge in [0, 0.05) is 14.5 Å². The van der Waals surface area contributed by atoms with Crippen molar-refractivity contribution in [3.63, 3.8) is 0 Å². The Morgan fingerprint density at radius 2 is 2.12 bits per heavy atom. The third-order valence-corrected chi connectivity index (χ3v) is 5.84. The summed E-state index contributed by atoms with van der Waals surface area (Å²) in [6.45, 7) is 7.31. The van der Waals surface area contributed by atoms with Crippen LogP contribution in [0.1, 0.15) is 12.8 Å². The average molecular weight is 369 g/mol. The molecule has 0 radical (unpaired) electrons. The number of nitrogens with one attached hydrogen (secondary N) is 1. The van der Waals surface area contributed by atoms with Gasteiger partial charge in [-0.15, -0.1) is 0 Å². The molecule has 0 aromatic rings. The lowest BCUT2D eigenvalue weighted by atomic mass is 10.0. The molecule has 17 heavy (non-hydrogen) atoms. The molecule has 0 aromatic heterocycles. The molecule has 1 aliphatic heterocycles. The predicted octanol–water partition coefficient (Wildman–Crippen LogP) is 1.95. The highest BCUT2D eigenvalue weighted by molar-refractivity contribution is 14.1. The number of rotatable bonds is 6. The lowest BCUT2D eigenvalue weighted by molar-refractivity contribution is -0.144. The van der Waals surface area contributed by atoms with Gasteiger partial charge in [0.15, 0.2) is 0 Å². The van der Waals surface area contributed by atoms with E-state index in [0.717, 1.165) is 6.04 Å². The molecule has 0 unspecified atom stereocenters. The SMILES string of the molecule is C[Si](C)(C)CCOC(=O)CC[C@@H]1NC(=O)[C@H]1I. The largest absolute Gasteiger partial charge is 0.466 e. The minimum absolute atomic E-state index is 0.0161. The maximum atomic E-state index is 11.4. The van der Waals surface area contributed by atoms with E-state index in [9.17, 15) is 9.59 Å². The standard InChI is InChI=1S/C11H20INO3Si/c1-17(2,3)7-6-16-9(14)5-4-8-10(12)11(15)13-8/h8,10H,4-7H2,1-3H3,(H,13,15)/t8-,10-/m0/s1. The van der Waals surface area contributed by atoms with Crippen LogP contribution in [0.4, 0.5) is 0 Å². The van der Waals surface area contributed by atoms with Crippen molar-refractivity contribution in [3.8, 4) is 0 Å². The molecule has 4 nitrogen and oxygen atoms in total. The van der Waals surface area contributed by atoms with Gasteiger partial charge in [0.25, 0.3) is 0 Å². The van der Waals surface area contributed by atoms with Crippen LogP contribution in [0.15, 0.2) is 0 Å². The number of halogens is 1. The second kappa shape index (κ2) is 6.17. The van der Waals surface area contributed by atoms with E-state index in [0.29, 0.717) is 19.4 Å². The molecule has 0 saturated carbocycles. The molecule has 0 bridgehead atoms. The Balaban J connectivity index is 2.08. The molecular formula is C11H20INO3Si. The number of carbonyl (C=O) groups is 2. The van der Waals surface area contributed by atoms with Crippen LogP contribution >= 0.6 is 22.6 Å². The number of ether oxygens (including phenoxy) is 1. The molecule has 6 heteroatoms. The van der Waals surface area contributed by atoms with E-state index < -0.39 is 8.07 Å². The second-order valence-corrected chi connectivity index (χ2v) is 12.5. The third-order valence-electron chi connectivity index (χ3n) is 2.71. The van der Waals surface area contributed by atoms with Crippen LogP contribution in [0.25, 0.3) is 0 Å². The Hall–Kier alpha value is -0.113. The Morgan fingerprint density at radius 1 is 1.47 bits per heavy atom. The molecule has 0 spiro atoms. The molecule has 1 rings (SSSR count). The van der Waals surface area contributed by atoms with Gasteiger partial charge in [-0.1, -0.05) is 42.2 Å². The molecule has 1 heterocycles. The highest BCUT2D eigenvalue weighted by Gasteiger charge is 2.36. The van der Waals surface area contributed by atoms with E-state index in [1.807, 2.05) is 0 Å². The number of carbonyl (C=O) groups excluding carboxylic acids is 2. The first-order valence-electron chi connectivity index (χ1n) is 5.90. The summed E-state index contributed by atoms with van der Waals surface area (Å²) in [7, 11) is -1.12. The Bertz CT molecular complexity index is 304. The summed E-state index contributed by atoms with van der Waals surface area (Å²) < 4.78 is 5.20. The molecular weight excluding hydrogens is 349 g/mol. The topological polar surface area (TPSA) is 55.4 Å². The van der Waals surface area contributed by atoms with Crippen molar-refractivity contribution in [2.24, 2.45) is 0 Å². The van der Waals surface area contributed by atoms with Crippen molar-refractivity contribution in [2.75, 3.05) is 6.61 Å². The van der Waals surface area contributed by atoms with Crippen molar-refractivity contribution in [2.45, 2.75) is 48.5 Å². The van der Waals surface area contributed by atoms with Gasteiger partial charge in [0.2, 0.25) is 5.91 Å². The number of hydrogen-bond donors (Lipinski definition) is 1. The summed E-state index contributed by atoms with van der Waals surface area (Å²) in [4.78, 5) is 22.4. The Labute approximate surface area is 117 Å². The molecule has 1 saturated heterocycles. The lowest BCUT2D eigenvalue weighted by Crippen LogP contribution is -2.59. The minimum atomic E-state index is -1.12. The van der Waals surface area contributed by atoms with Gasteiger partial charge in [-0.3, -0.25) is 9.59 Å². The molecule has 98 valence electrons.